The van der Waals surface area contributed by atoms with Gasteiger partial charge >= 0.3 is 0 Å². The van der Waals surface area contributed by atoms with Crippen LogP contribution in [0.15, 0.2) is 47.6 Å². The summed E-state index contributed by atoms with van der Waals surface area (Å²) in [6.45, 7) is 0. The van der Waals surface area contributed by atoms with Gasteiger partial charge in [0.25, 0.3) is 5.91 Å². The number of rotatable bonds is 4. The van der Waals surface area contributed by atoms with Gasteiger partial charge in [0, 0.05) is 22.5 Å². The first-order chi connectivity index (χ1) is 13.5. The molecule has 0 radical (unpaired) electrons. The van der Waals surface area contributed by atoms with Gasteiger partial charge in [0.05, 0.1) is 16.8 Å². The van der Waals surface area contributed by atoms with Crippen molar-refractivity contribution in [2.24, 2.45) is 5.10 Å². The number of amides is 1. The van der Waals surface area contributed by atoms with Gasteiger partial charge in [-0.3, -0.25) is 9.80 Å². The number of nitrogens with zero attached hydrogens (tertiary/aromatic N) is 2. The van der Waals surface area contributed by atoms with Crippen LogP contribution in [-0.4, -0.2) is 17.7 Å². The average molecular weight is 437 g/mol. The topological polar surface area (TPSA) is 44.7 Å². The van der Waals surface area contributed by atoms with E-state index in [2.05, 4.69) is 10.4 Å². The third-order valence-corrected chi connectivity index (χ3v) is 6.06. The number of anilines is 1. The second-order valence-corrected chi connectivity index (χ2v) is 8.49. The number of carbonyl (C=O) groups excluding carboxylic acids is 1. The van der Waals surface area contributed by atoms with Crippen LogP contribution in [0.4, 0.5) is 5.69 Å². The SMILES string of the molecule is O=C(NC1CCCC1)C1=NN(c2ccc(Cl)cc2Cl)C(c2ccc(Cl)cc2)C1. The Hall–Kier alpha value is -1.75. The predicted octanol–water partition coefficient (Wildman–Crippen LogP) is 6.01. The van der Waals surface area contributed by atoms with E-state index in [0.29, 0.717) is 27.2 Å². The summed E-state index contributed by atoms with van der Waals surface area (Å²) in [5.41, 5.74) is 2.25. The van der Waals surface area contributed by atoms with E-state index in [9.17, 15) is 4.79 Å². The van der Waals surface area contributed by atoms with Crippen LogP contribution in [0.2, 0.25) is 15.1 Å². The second kappa shape index (κ2) is 8.32. The van der Waals surface area contributed by atoms with E-state index in [4.69, 9.17) is 34.8 Å². The maximum absolute atomic E-state index is 12.8. The van der Waals surface area contributed by atoms with Crippen molar-refractivity contribution < 1.29 is 4.79 Å². The molecule has 0 aromatic heterocycles. The van der Waals surface area contributed by atoms with Crippen LogP contribution >= 0.6 is 34.8 Å². The number of carbonyl (C=O) groups is 1. The summed E-state index contributed by atoms with van der Waals surface area (Å²) in [5, 5.41) is 11.3. The molecule has 2 aromatic rings. The molecule has 7 heteroatoms. The van der Waals surface area contributed by atoms with Crippen molar-refractivity contribution in [3.05, 3.63) is 63.1 Å². The number of hydrogen-bond acceptors (Lipinski definition) is 3. The molecule has 2 aliphatic rings. The Kier molecular flexibility index (Phi) is 5.81. The molecule has 2 aromatic carbocycles. The highest BCUT2D eigenvalue weighted by molar-refractivity contribution is 6.40. The molecule has 1 fully saturated rings. The second-order valence-electron chi connectivity index (χ2n) is 7.21. The van der Waals surface area contributed by atoms with Crippen molar-refractivity contribution in [1.29, 1.82) is 0 Å². The lowest BCUT2D eigenvalue weighted by atomic mass is 10.0. The van der Waals surface area contributed by atoms with Gasteiger partial charge in [-0.2, -0.15) is 5.10 Å². The van der Waals surface area contributed by atoms with Crippen molar-refractivity contribution in [2.45, 2.75) is 44.2 Å². The minimum Gasteiger partial charge on any atom is -0.348 e. The van der Waals surface area contributed by atoms with Gasteiger partial charge in [-0.05, 0) is 48.7 Å². The van der Waals surface area contributed by atoms with Crippen LogP contribution in [0.1, 0.15) is 43.7 Å². The number of benzene rings is 2. The normalized spacial score (nSPS) is 19.8. The fourth-order valence-electron chi connectivity index (χ4n) is 3.82. The minimum atomic E-state index is -0.139. The molecular weight excluding hydrogens is 417 g/mol. The Bertz CT molecular complexity index is 908. The highest BCUT2D eigenvalue weighted by atomic mass is 35.5. The molecule has 0 spiro atoms. The molecule has 4 rings (SSSR count). The Balaban J connectivity index is 1.65. The van der Waals surface area contributed by atoms with E-state index in [1.54, 1.807) is 12.1 Å². The molecule has 0 saturated heterocycles. The monoisotopic (exact) mass is 435 g/mol. The number of halogens is 3. The summed E-state index contributed by atoms with van der Waals surface area (Å²) in [6, 6.07) is 13.0. The Morgan fingerprint density at radius 2 is 1.68 bits per heavy atom. The van der Waals surface area contributed by atoms with E-state index < -0.39 is 0 Å². The van der Waals surface area contributed by atoms with Gasteiger partial charge in [-0.15, -0.1) is 0 Å². The van der Waals surface area contributed by atoms with Crippen LogP contribution in [0.3, 0.4) is 0 Å². The minimum absolute atomic E-state index is 0.0987. The zero-order valence-corrected chi connectivity index (χ0v) is 17.4. The number of nitrogens with one attached hydrogen (secondary N) is 1. The van der Waals surface area contributed by atoms with Crippen molar-refractivity contribution in [1.82, 2.24) is 5.32 Å². The van der Waals surface area contributed by atoms with Crippen molar-refractivity contribution in [2.75, 3.05) is 5.01 Å². The quantitative estimate of drug-likeness (QED) is 0.637. The first kappa shape index (κ1) is 19.6. The van der Waals surface area contributed by atoms with Gasteiger partial charge in [0.15, 0.2) is 0 Å². The van der Waals surface area contributed by atoms with Gasteiger partial charge < -0.3 is 5.32 Å². The molecule has 1 saturated carbocycles. The highest BCUT2D eigenvalue weighted by Gasteiger charge is 2.34. The lowest BCUT2D eigenvalue weighted by molar-refractivity contribution is -0.115. The van der Waals surface area contributed by atoms with Crippen molar-refractivity contribution >= 4 is 52.1 Å². The van der Waals surface area contributed by atoms with E-state index >= 15 is 0 Å². The van der Waals surface area contributed by atoms with Crippen molar-refractivity contribution in [3.63, 3.8) is 0 Å². The average Bonchev–Trinajstić information content (AvgIpc) is 3.32. The third-order valence-electron chi connectivity index (χ3n) is 5.27. The van der Waals surface area contributed by atoms with Crippen molar-refractivity contribution in [3.8, 4) is 0 Å². The smallest absolute Gasteiger partial charge is 0.267 e. The summed E-state index contributed by atoms with van der Waals surface area (Å²) in [5.74, 6) is -0.0987. The number of hydrazone groups is 1. The Morgan fingerprint density at radius 3 is 2.36 bits per heavy atom. The largest absolute Gasteiger partial charge is 0.348 e. The summed E-state index contributed by atoms with van der Waals surface area (Å²) in [4.78, 5) is 12.8. The lowest BCUT2D eigenvalue weighted by Gasteiger charge is -2.25. The lowest BCUT2D eigenvalue weighted by Crippen LogP contribution is -2.37. The fraction of sp³-hybridized carbons (Fsp3) is 0.333. The van der Waals surface area contributed by atoms with E-state index in [0.717, 1.165) is 36.9 Å². The fourth-order valence-corrected chi connectivity index (χ4v) is 4.44. The summed E-state index contributed by atoms with van der Waals surface area (Å²) >= 11 is 18.5. The number of hydrogen-bond donors (Lipinski definition) is 1. The Morgan fingerprint density at radius 1 is 1.00 bits per heavy atom. The van der Waals surface area contributed by atoms with E-state index in [1.165, 1.54) is 0 Å². The molecule has 1 N–H and O–H groups in total. The summed E-state index contributed by atoms with van der Waals surface area (Å²) < 4.78 is 0. The van der Waals surface area contributed by atoms with Gasteiger partial charge in [0.2, 0.25) is 0 Å². The zero-order chi connectivity index (χ0) is 19.7. The highest BCUT2D eigenvalue weighted by Crippen LogP contribution is 2.40. The molecular formula is C21H20Cl3N3O. The molecule has 1 aliphatic heterocycles. The standard InChI is InChI=1S/C21H20Cl3N3O/c22-14-7-5-13(6-8-14)20-12-18(21(28)25-16-3-1-2-4-16)26-27(20)19-10-9-15(23)11-17(19)24/h5-11,16,20H,1-4,12H2,(H,25,28). The molecule has 1 amide bonds. The predicted molar refractivity (Wildman–Crippen MR) is 116 cm³/mol. The molecule has 28 heavy (non-hydrogen) atoms. The molecule has 146 valence electrons. The van der Waals surface area contributed by atoms with Gasteiger partial charge in [0.1, 0.15) is 5.71 Å². The van der Waals surface area contributed by atoms with E-state index in [1.807, 2.05) is 35.3 Å². The molecule has 1 unspecified atom stereocenters. The zero-order valence-electron chi connectivity index (χ0n) is 15.2. The van der Waals surface area contributed by atoms with Gasteiger partial charge in [-0.1, -0.05) is 59.8 Å². The van der Waals surface area contributed by atoms with Crippen LogP contribution in [-0.2, 0) is 4.79 Å². The van der Waals surface area contributed by atoms with Crippen LogP contribution in [0.5, 0.6) is 0 Å². The molecule has 1 atom stereocenters. The molecule has 0 bridgehead atoms. The van der Waals surface area contributed by atoms with E-state index in [-0.39, 0.29) is 18.0 Å². The third kappa shape index (κ3) is 4.14. The maximum atomic E-state index is 12.8. The van der Waals surface area contributed by atoms with Crippen LogP contribution in [0, 0.1) is 0 Å². The summed E-state index contributed by atoms with van der Waals surface area (Å²) in [7, 11) is 0. The van der Waals surface area contributed by atoms with Gasteiger partial charge in [-0.25, -0.2) is 0 Å². The summed E-state index contributed by atoms with van der Waals surface area (Å²) in [6.07, 6.45) is 4.90. The first-order valence-corrected chi connectivity index (χ1v) is 10.5. The molecule has 1 heterocycles. The maximum Gasteiger partial charge on any atom is 0.267 e. The molecule has 4 nitrogen and oxygen atoms in total. The Labute approximate surface area is 179 Å². The van der Waals surface area contributed by atoms with Crippen LogP contribution < -0.4 is 10.3 Å². The molecule has 1 aliphatic carbocycles. The first-order valence-electron chi connectivity index (χ1n) is 9.39. The van der Waals surface area contributed by atoms with Crippen LogP contribution in [0.25, 0.3) is 0 Å².